The largest absolute Gasteiger partial charge is 0.343 e. The number of benzene rings is 5. The molecule has 0 atom stereocenters. The second-order valence-corrected chi connectivity index (χ2v) is 9.34. The van der Waals surface area contributed by atoms with E-state index in [0.29, 0.717) is 5.56 Å². The zero-order chi connectivity index (χ0) is 26.5. The number of para-hydroxylation sites is 3. The molecule has 186 valence electrons. The van der Waals surface area contributed by atoms with Crippen LogP contribution in [-0.4, -0.2) is 13.6 Å². The molecule has 3 heteroatoms. The van der Waals surface area contributed by atoms with Gasteiger partial charge < -0.3 is 9.80 Å². The quantitative estimate of drug-likeness (QED) is 0.226. The first-order valence-corrected chi connectivity index (χ1v) is 13.0. The van der Waals surface area contributed by atoms with Crippen LogP contribution in [0.4, 0.5) is 22.7 Å². The summed E-state index contributed by atoms with van der Waals surface area (Å²) in [5, 5.41) is 9.54. The van der Waals surface area contributed by atoms with Crippen LogP contribution in [-0.2, 0) is 0 Å². The highest BCUT2D eigenvalue weighted by atomic mass is 15.2. The molecule has 0 fully saturated rings. The van der Waals surface area contributed by atoms with Crippen LogP contribution < -0.4 is 9.80 Å². The van der Waals surface area contributed by atoms with Crippen molar-refractivity contribution in [3.8, 4) is 28.3 Å². The van der Waals surface area contributed by atoms with E-state index in [4.69, 9.17) is 0 Å². The summed E-state index contributed by atoms with van der Waals surface area (Å²) in [4.78, 5) is 4.61. The molecule has 0 heterocycles. The molecule has 0 amide bonds. The van der Waals surface area contributed by atoms with Gasteiger partial charge in [-0.15, -0.1) is 0 Å². The number of rotatable bonds is 7. The summed E-state index contributed by atoms with van der Waals surface area (Å²) in [5.74, 6) is 0. The van der Waals surface area contributed by atoms with Crippen LogP contribution in [0.3, 0.4) is 0 Å². The Labute approximate surface area is 225 Å². The lowest BCUT2D eigenvalue weighted by atomic mass is 9.94. The Morgan fingerprint density at radius 1 is 0.632 bits per heavy atom. The van der Waals surface area contributed by atoms with Crippen LogP contribution in [0.15, 0.2) is 121 Å². The van der Waals surface area contributed by atoms with Crippen molar-refractivity contribution in [3.05, 3.63) is 132 Å². The molecule has 0 saturated heterocycles. The van der Waals surface area contributed by atoms with Crippen LogP contribution in [0, 0.1) is 18.3 Å². The fourth-order valence-corrected chi connectivity index (χ4v) is 5.13. The molecule has 0 unspecified atom stereocenters. The molecule has 0 bridgehead atoms. The second-order valence-electron chi connectivity index (χ2n) is 9.34. The first kappa shape index (κ1) is 24.9. The Morgan fingerprint density at radius 3 is 1.74 bits per heavy atom. The zero-order valence-electron chi connectivity index (χ0n) is 22.1. The number of nitrogens with zero attached hydrogens (tertiary/aromatic N) is 3. The van der Waals surface area contributed by atoms with Gasteiger partial charge in [-0.2, -0.15) is 5.26 Å². The summed E-state index contributed by atoms with van der Waals surface area (Å²) in [7, 11) is 2.08. The molecule has 0 N–H and O–H groups in total. The van der Waals surface area contributed by atoms with E-state index in [1.807, 2.05) is 18.2 Å². The van der Waals surface area contributed by atoms with Crippen molar-refractivity contribution in [2.75, 3.05) is 23.4 Å². The van der Waals surface area contributed by atoms with E-state index in [1.54, 1.807) is 0 Å². The number of anilines is 4. The smallest absolute Gasteiger partial charge is 0.0992 e. The molecular weight excluding hydrogens is 462 g/mol. The van der Waals surface area contributed by atoms with Gasteiger partial charge in [0.25, 0.3) is 0 Å². The van der Waals surface area contributed by atoms with Crippen molar-refractivity contribution >= 4 is 22.7 Å². The minimum absolute atomic E-state index is 0.656. The lowest BCUT2D eigenvalue weighted by Gasteiger charge is -2.33. The van der Waals surface area contributed by atoms with Crippen molar-refractivity contribution in [2.45, 2.75) is 13.8 Å². The SMILES string of the molecule is CCN(c1ccccc1N(C)c1cc(C#N)ccc1C)c1c(-c2ccccc2)cccc1-c1ccccc1. The maximum atomic E-state index is 9.54. The van der Waals surface area contributed by atoms with Crippen molar-refractivity contribution < 1.29 is 0 Å². The van der Waals surface area contributed by atoms with E-state index < -0.39 is 0 Å². The van der Waals surface area contributed by atoms with Crippen molar-refractivity contribution in [1.29, 1.82) is 5.26 Å². The third kappa shape index (κ3) is 4.77. The van der Waals surface area contributed by atoms with Crippen LogP contribution >= 0.6 is 0 Å². The summed E-state index contributed by atoms with van der Waals surface area (Å²) >= 11 is 0. The summed E-state index contributed by atoms with van der Waals surface area (Å²) in [5.41, 5.74) is 10.9. The number of aryl methyl sites for hydroxylation is 1. The monoisotopic (exact) mass is 493 g/mol. The van der Waals surface area contributed by atoms with E-state index in [-0.39, 0.29) is 0 Å². The van der Waals surface area contributed by atoms with Gasteiger partial charge in [0.1, 0.15) is 0 Å². The molecule has 0 radical (unpaired) electrons. The van der Waals surface area contributed by atoms with Gasteiger partial charge in [0, 0.05) is 30.4 Å². The summed E-state index contributed by atoms with van der Waals surface area (Å²) in [6.07, 6.45) is 0. The molecule has 0 aliphatic heterocycles. The van der Waals surface area contributed by atoms with E-state index in [9.17, 15) is 5.26 Å². The Kier molecular flexibility index (Phi) is 7.24. The van der Waals surface area contributed by atoms with Crippen LogP contribution in [0.25, 0.3) is 22.3 Å². The molecule has 5 aromatic rings. The van der Waals surface area contributed by atoms with Crippen molar-refractivity contribution in [1.82, 2.24) is 0 Å². The van der Waals surface area contributed by atoms with Gasteiger partial charge in [-0.25, -0.2) is 0 Å². The minimum Gasteiger partial charge on any atom is -0.343 e. The Hall–Kier alpha value is -4.81. The second kappa shape index (κ2) is 11.1. The van der Waals surface area contributed by atoms with Gasteiger partial charge in [0.2, 0.25) is 0 Å². The zero-order valence-corrected chi connectivity index (χ0v) is 22.1. The summed E-state index contributed by atoms with van der Waals surface area (Å²) in [6.45, 7) is 5.08. The molecule has 5 aromatic carbocycles. The maximum Gasteiger partial charge on any atom is 0.0992 e. The highest BCUT2D eigenvalue weighted by molar-refractivity contribution is 5.96. The van der Waals surface area contributed by atoms with E-state index in [2.05, 4.69) is 140 Å². The van der Waals surface area contributed by atoms with Crippen LogP contribution in [0.2, 0.25) is 0 Å². The van der Waals surface area contributed by atoms with Gasteiger partial charge in [0.05, 0.1) is 28.7 Å². The number of nitriles is 1. The van der Waals surface area contributed by atoms with Crippen molar-refractivity contribution in [2.24, 2.45) is 0 Å². The third-order valence-corrected chi connectivity index (χ3v) is 7.03. The van der Waals surface area contributed by atoms with E-state index in [0.717, 1.165) is 29.2 Å². The standard InChI is InChI=1S/C35H31N3/c1-4-38(33-21-12-11-20-32(33)37(3)34-24-27(25-36)23-22-26(34)2)35-30(28-14-7-5-8-15-28)18-13-19-31(35)29-16-9-6-10-17-29/h5-24H,4H2,1-3H3. The molecular formula is C35H31N3. The summed E-state index contributed by atoms with van der Waals surface area (Å²) in [6, 6.07) is 44.5. The number of hydrogen-bond donors (Lipinski definition) is 0. The van der Waals surface area contributed by atoms with Gasteiger partial charge in [-0.1, -0.05) is 97.1 Å². The fraction of sp³-hybridized carbons (Fsp3) is 0.114. The normalized spacial score (nSPS) is 10.6. The fourth-order valence-electron chi connectivity index (χ4n) is 5.13. The highest BCUT2D eigenvalue weighted by Gasteiger charge is 2.22. The van der Waals surface area contributed by atoms with Crippen molar-refractivity contribution in [3.63, 3.8) is 0 Å². The molecule has 0 spiro atoms. The minimum atomic E-state index is 0.656. The molecule has 0 aromatic heterocycles. The molecule has 0 aliphatic rings. The summed E-state index contributed by atoms with van der Waals surface area (Å²) < 4.78 is 0. The molecule has 38 heavy (non-hydrogen) atoms. The maximum absolute atomic E-state index is 9.54. The predicted molar refractivity (Wildman–Crippen MR) is 160 cm³/mol. The average molecular weight is 494 g/mol. The van der Waals surface area contributed by atoms with E-state index in [1.165, 1.54) is 27.9 Å². The molecule has 0 aliphatic carbocycles. The average Bonchev–Trinajstić information content (AvgIpc) is 2.98. The van der Waals surface area contributed by atoms with E-state index >= 15 is 0 Å². The van der Waals surface area contributed by atoms with Gasteiger partial charge in [0.15, 0.2) is 0 Å². The van der Waals surface area contributed by atoms with Crippen LogP contribution in [0.5, 0.6) is 0 Å². The molecule has 3 nitrogen and oxygen atoms in total. The first-order chi connectivity index (χ1) is 18.6. The molecule has 5 rings (SSSR count). The van der Waals surface area contributed by atoms with Gasteiger partial charge in [-0.05, 0) is 54.8 Å². The molecule has 0 saturated carbocycles. The highest BCUT2D eigenvalue weighted by Crippen LogP contribution is 2.45. The Bertz CT molecular complexity index is 1530. The van der Waals surface area contributed by atoms with Gasteiger partial charge in [-0.3, -0.25) is 0 Å². The first-order valence-electron chi connectivity index (χ1n) is 13.0. The predicted octanol–water partition coefficient (Wildman–Crippen LogP) is 9.13. The Morgan fingerprint density at radius 2 is 1.18 bits per heavy atom. The third-order valence-electron chi connectivity index (χ3n) is 7.03. The topological polar surface area (TPSA) is 30.3 Å². The lowest BCUT2D eigenvalue weighted by molar-refractivity contribution is 1.02. The Balaban J connectivity index is 1.74. The van der Waals surface area contributed by atoms with Crippen LogP contribution in [0.1, 0.15) is 18.1 Å². The lowest BCUT2D eigenvalue weighted by Crippen LogP contribution is -2.22. The number of hydrogen-bond acceptors (Lipinski definition) is 3. The van der Waals surface area contributed by atoms with Gasteiger partial charge >= 0.3 is 0 Å².